The molecule has 1 aromatic carbocycles. The van der Waals surface area contributed by atoms with Crippen LogP contribution in [0.15, 0.2) is 18.2 Å². The molecule has 1 rings (SSSR count). The number of hydrogen-bond acceptors (Lipinski definition) is 4. The molecular formula is C12H15F3N2O3S. The van der Waals surface area contributed by atoms with Crippen LogP contribution in [0.2, 0.25) is 0 Å². The van der Waals surface area contributed by atoms with Gasteiger partial charge in [-0.3, -0.25) is 4.79 Å². The van der Waals surface area contributed by atoms with Gasteiger partial charge in [0, 0.05) is 12.8 Å². The Morgan fingerprint density at radius 3 is 2.38 bits per heavy atom. The largest absolute Gasteiger partial charge is 0.418 e. The van der Waals surface area contributed by atoms with Crippen molar-refractivity contribution in [2.45, 2.75) is 24.9 Å². The van der Waals surface area contributed by atoms with E-state index in [0.717, 1.165) is 25.3 Å². The van der Waals surface area contributed by atoms with E-state index in [-0.39, 0.29) is 12.1 Å². The van der Waals surface area contributed by atoms with Crippen molar-refractivity contribution in [2.24, 2.45) is 5.73 Å². The predicted octanol–water partition coefficient (Wildman–Crippen LogP) is 1.54. The van der Waals surface area contributed by atoms with Crippen LogP contribution in [0.5, 0.6) is 0 Å². The molecule has 0 aliphatic carbocycles. The lowest BCUT2D eigenvalue weighted by Gasteiger charge is -2.16. The summed E-state index contributed by atoms with van der Waals surface area (Å²) in [6, 6.07) is 3.20. The molecule has 0 aliphatic rings. The third kappa shape index (κ3) is 4.43. The molecule has 0 aromatic heterocycles. The minimum atomic E-state index is -4.69. The smallest absolute Gasteiger partial charge is 0.326 e. The summed E-state index contributed by atoms with van der Waals surface area (Å²) in [5, 5.41) is 0.545. The van der Waals surface area contributed by atoms with E-state index in [4.69, 9.17) is 5.73 Å². The maximum absolute atomic E-state index is 12.9. The number of nitrogens with two attached hydrogens (primary N) is 1. The van der Waals surface area contributed by atoms with Crippen LogP contribution in [0.1, 0.15) is 18.1 Å². The first-order chi connectivity index (χ1) is 9.46. The molecule has 1 amide bonds. The Hall–Kier alpha value is -1.61. The highest BCUT2D eigenvalue weighted by Gasteiger charge is 2.35. The van der Waals surface area contributed by atoms with Gasteiger partial charge in [-0.05, 0) is 24.6 Å². The summed E-state index contributed by atoms with van der Waals surface area (Å²) in [5.74, 6) is -1.02. The second kappa shape index (κ2) is 6.02. The quantitative estimate of drug-likeness (QED) is 0.879. The van der Waals surface area contributed by atoms with E-state index in [1.54, 1.807) is 0 Å². The summed E-state index contributed by atoms with van der Waals surface area (Å²) in [6.07, 6.45) is -3.86. The van der Waals surface area contributed by atoms with Gasteiger partial charge < -0.3 is 11.1 Å². The number of carbonyl (C=O) groups is 1. The summed E-state index contributed by atoms with van der Waals surface area (Å²) in [7, 11) is -3.70. The van der Waals surface area contributed by atoms with Crippen LogP contribution in [0.25, 0.3) is 0 Å². The van der Waals surface area contributed by atoms with Crippen molar-refractivity contribution >= 4 is 21.4 Å². The van der Waals surface area contributed by atoms with Gasteiger partial charge in [-0.1, -0.05) is 6.07 Å². The Morgan fingerprint density at radius 2 is 1.95 bits per heavy atom. The Labute approximate surface area is 120 Å². The molecule has 21 heavy (non-hydrogen) atoms. The van der Waals surface area contributed by atoms with E-state index in [9.17, 15) is 26.4 Å². The maximum Gasteiger partial charge on any atom is 0.418 e. The number of benzene rings is 1. The zero-order valence-corrected chi connectivity index (χ0v) is 12.2. The van der Waals surface area contributed by atoms with E-state index in [1.165, 1.54) is 6.07 Å². The van der Waals surface area contributed by atoms with Gasteiger partial charge >= 0.3 is 6.18 Å². The van der Waals surface area contributed by atoms with Crippen molar-refractivity contribution in [3.63, 3.8) is 0 Å². The lowest BCUT2D eigenvalue weighted by molar-refractivity contribution is -0.137. The highest BCUT2D eigenvalue weighted by Crippen LogP contribution is 2.35. The molecule has 1 atom stereocenters. The normalized spacial score (nSPS) is 13.8. The number of hydrogen-bond donors (Lipinski definition) is 2. The highest BCUT2D eigenvalue weighted by atomic mass is 32.2. The number of nitrogens with one attached hydrogen (secondary N) is 1. The number of alkyl halides is 3. The number of anilines is 1. The van der Waals surface area contributed by atoms with Crippen LogP contribution in [-0.2, 0) is 27.4 Å². The second-order valence-electron chi connectivity index (χ2n) is 4.54. The van der Waals surface area contributed by atoms with Crippen LogP contribution in [0, 0.1) is 0 Å². The average molecular weight is 324 g/mol. The maximum atomic E-state index is 12.9. The number of halogens is 3. The van der Waals surface area contributed by atoms with Crippen molar-refractivity contribution in [1.82, 2.24) is 0 Å². The van der Waals surface area contributed by atoms with Gasteiger partial charge in [-0.25, -0.2) is 8.42 Å². The lowest BCUT2D eigenvalue weighted by atomic mass is 10.1. The molecule has 1 unspecified atom stereocenters. The zero-order chi connectivity index (χ0) is 16.4. The van der Waals surface area contributed by atoms with Gasteiger partial charge in [0.2, 0.25) is 5.91 Å². The molecule has 9 heteroatoms. The average Bonchev–Trinajstić information content (AvgIpc) is 2.35. The van der Waals surface area contributed by atoms with Crippen molar-refractivity contribution in [1.29, 1.82) is 0 Å². The highest BCUT2D eigenvalue weighted by molar-refractivity contribution is 7.92. The molecule has 0 saturated carbocycles. The summed E-state index contributed by atoms with van der Waals surface area (Å²) < 4.78 is 61.3. The van der Waals surface area contributed by atoms with E-state index < -0.39 is 38.4 Å². The molecule has 0 radical (unpaired) electrons. The first-order valence-corrected chi connectivity index (χ1v) is 7.82. The molecule has 0 heterocycles. The van der Waals surface area contributed by atoms with Crippen LogP contribution in [0.3, 0.4) is 0 Å². The molecule has 3 N–H and O–H groups in total. The van der Waals surface area contributed by atoms with Gasteiger partial charge in [0.15, 0.2) is 9.84 Å². The summed E-state index contributed by atoms with van der Waals surface area (Å²) in [6.45, 7) is 1.02. The van der Waals surface area contributed by atoms with Gasteiger partial charge in [-0.15, -0.1) is 0 Å². The molecule has 0 saturated heterocycles. The Bertz CT molecular complexity index is 642. The van der Waals surface area contributed by atoms with Gasteiger partial charge in [-0.2, -0.15) is 13.2 Å². The number of carbonyl (C=O) groups excluding carboxylic acids is 1. The predicted molar refractivity (Wildman–Crippen MR) is 72.3 cm³/mol. The Kier molecular flexibility index (Phi) is 5.00. The van der Waals surface area contributed by atoms with Crippen LogP contribution in [-0.4, -0.2) is 25.8 Å². The SMILES string of the molecule is CC(C(=O)Nc1ccc(CN)cc1C(F)(F)F)S(C)(=O)=O. The molecule has 0 fully saturated rings. The molecule has 5 nitrogen and oxygen atoms in total. The molecule has 1 aromatic rings. The Balaban J connectivity index is 3.17. The fourth-order valence-corrected chi connectivity index (χ4v) is 1.94. The first kappa shape index (κ1) is 17.4. The third-order valence-corrected chi connectivity index (χ3v) is 4.39. The molecule has 118 valence electrons. The standard InChI is InChI=1S/C12H15F3N2O3S/c1-7(21(2,19)20)11(18)17-10-4-3-8(6-16)5-9(10)12(13,14)15/h3-5,7H,6,16H2,1-2H3,(H,17,18). The summed E-state index contributed by atoms with van der Waals surface area (Å²) >= 11 is 0. The lowest BCUT2D eigenvalue weighted by Crippen LogP contribution is -2.32. The zero-order valence-electron chi connectivity index (χ0n) is 11.4. The van der Waals surface area contributed by atoms with Gasteiger partial charge in [0.1, 0.15) is 5.25 Å². The second-order valence-corrected chi connectivity index (χ2v) is 6.91. The van der Waals surface area contributed by atoms with Crippen LogP contribution >= 0.6 is 0 Å². The topological polar surface area (TPSA) is 89.3 Å². The van der Waals surface area contributed by atoms with Crippen molar-refractivity contribution in [3.05, 3.63) is 29.3 Å². The fraction of sp³-hybridized carbons (Fsp3) is 0.417. The van der Waals surface area contributed by atoms with Gasteiger partial charge in [0.25, 0.3) is 0 Å². The Morgan fingerprint density at radius 1 is 1.38 bits per heavy atom. The van der Waals surface area contributed by atoms with E-state index in [1.807, 2.05) is 5.32 Å². The molecule has 0 aliphatic heterocycles. The number of sulfone groups is 1. The molecule has 0 spiro atoms. The van der Waals surface area contributed by atoms with Crippen molar-refractivity contribution in [3.8, 4) is 0 Å². The van der Waals surface area contributed by atoms with Crippen molar-refractivity contribution < 1.29 is 26.4 Å². The number of rotatable bonds is 4. The minimum absolute atomic E-state index is 0.0863. The number of amides is 1. The third-order valence-electron chi connectivity index (χ3n) is 2.89. The molecular weight excluding hydrogens is 309 g/mol. The summed E-state index contributed by atoms with van der Waals surface area (Å²) in [5.41, 5.74) is 3.96. The van der Waals surface area contributed by atoms with Gasteiger partial charge in [0.05, 0.1) is 11.3 Å². The van der Waals surface area contributed by atoms with Crippen LogP contribution < -0.4 is 11.1 Å². The van der Waals surface area contributed by atoms with Crippen molar-refractivity contribution in [2.75, 3.05) is 11.6 Å². The summed E-state index contributed by atoms with van der Waals surface area (Å²) in [4.78, 5) is 11.7. The van der Waals surface area contributed by atoms with E-state index in [2.05, 4.69) is 0 Å². The monoisotopic (exact) mass is 324 g/mol. The first-order valence-electron chi connectivity index (χ1n) is 5.86. The minimum Gasteiger partial charge on any atom is -0.326 e. The molecule has 0 bridgehead atoms. The fourth-order valence-electron chi connectivity index (χ4n) is 1.49. The van der Waals surface area contributed by atoms with E-state index in [0.29, 0.717) is 0 Å². The van der Waals surface area contributed by atoms with E-state index >= 15 is 0 Å². The van der Waals surface area contributed by atoms with Crippen LogP contribution in [0.4, 0.5) is 18.9 Å².